The molecule has 0 bridgehead atoms. The summed E-state index contributed by atoms with van der Waals surface area (Å²) < 4.78 is 10.4. The number of fused-ring (bicyclic) bond motifs is 1. The van der Waals surface area contributed by atoms with Gasteiger partial charge in [0.15, 0.2) is 0 Å². The molecular formula is C17H17NO3. The van der Waals surface area contributed by atoms with E-state index in [9.17, 15) is 4.79 Å². The Morgan fingerprint density at radius 2 is 2.38 bits per heavy atom. The van der Waals surface area contributed by atoms with Crippen LogP contribution in [0.25, 0.3) is 5.57 Å². The van der Waals surface area contributed by atoms with E-state index in [1.807, 2.05) is 24.4 Å². The van der Waals surface area contributed by atoms with Crippen LogP contribution < -0.4 is 4.74 Å². The van der Waals surface area contributed by atoms with E-state index in [4.69, 9.17) is 9.47 Å². The van der Waals surface area contributed by atoms with Crippen molar-refractivity contribution in [3.05, 3.63) is 47.2 Å². The second-order valence-corrected chi connectivity index (χ2v) is 5.03. The van der Waals surface area contributed by atoms with Crippen LogP contribution in [-0.4, -0.2) is 25.9 Å². The summed E-state index contributed by atoms with van der Waals surface area (Å²) in [4.78, 5) is 15.7. The minimum atomic E-state index is -0.236. The highest BCUT2D eigenvalue weighted by atomic mass is 16.5. The van der Waals surface area contributed by atoms with E-state index in [2.05, 4.69) is 17.1 Å². The minimum Gasteiger partial charge on any atom is -0.493 e. The molecule has 1 aromatic carbocycles. The van der Waals surface area contributed by atoms with E-state index in [0.717, 1.165) is 35.4 Å². The molecule has 0 saturated carbocycles. The van der Waals surface area contributed by atoms with Gasteiger partial charge in [-0.05, 0) is 29.3 Å². The maximum absolute atomic E-state index is 11.4. The average molecular weight is 283 g/mol. The molecule has 21 heavy (non-hydrogen) atoms. The molecule has 0 aliphatic carbocycles. The number of carbonyl (C=O) groups excluding carboxylic acids is 1. The van der Waals surface area contributed by atoms with Gasteiger partial charge in [0.1, 0.15) is 5.75 Å². The van der Waals surface area contributed by atoms with Crippen LogP contribution in [0.5, 0.6) is 5.75 Å². The monoisotopic (exact) mass is 283 g/mol. The highest BCUT2D eigenvalue weighted by molar-refractivity contribution is 5.78. The summed E-state index contributed by atoms with van der Waals surface area (Å²) in [7, 11) is 1.40. The van der Waals surface area contributed by atoms with E-state index in [0.29, 0.717) is 6.61 Å². The molecule has 2 heterocycles. The van der Waals surface area contributed by atoms with Crippen molar-refractivity contribution in [3.63, 3.8) is 0 Å². The number of aliphatic imine (C=N–C) groups is 1. The quantitative estimate of drug-likeness (QED) is 0.801. The van der Waals surface area contributed by atoms with Crippen molar-refractivity contribution < 1.29 is 14.3 Å². The van der Waals surface area contributed by atoms with Gasteiger partial charge < -0.3 is 9.47 Å². The first kappa shape index (κ1) is 13.6. The number of rotatable bonds is 3. The SMILES string of the molecule is COC(=O)Cc1ccc2c(c1)/C(=C/C1=CCC=N1)CCO2. The van der Waals surface area contributed by atoms with Crippen molar-refractivity contribution in [2.45, 2.75) is 19.3 Å². The van der Waals surface area contributed by atoms with Crippen molar-refractivity contribution in [2.75, 3.05) is 13.7 Å². The lowest BCUT2D eigenvalue weighted by Gasteiger charge is -2.21. The van der Waals surface area contributed by atoms with E-state index < -0.39 is 0 Å². The first-order valence-electron chi connectivity index (χ1n) is 7.02. The molecule has 2 aliphatic heterocycles. The second kappa shape index (κ2) is 5.95. The van der Waals surface area contributed by atoms with Crippen molar-refractivity contribution in [1.82, 2.24) is 0 Å². The lowest BCUT2D eigenvalue weighted by molar-refractivity contribution is -0.139. The molecule has 0 N–H and O–H groups in total. The molecule has 4 heteroatoms. The van der Waals surface area contributed by atoms with Gasteiger partial charge in [-0.1, -0.05) is 12.1 Å². The normalized spacial score (nSPS) is 18.1. The molecule has 0 radical (unpaired) electrons. The summed E-state index contributed by atoms with van der Waals surface area (Å²) in [5.74, 6) is 0.629. The first-order valence-corrected chi connectivity index (χ1v) is 7.02. The van der Waals surface area contributed by atoms with Gasteiger partial charge in [0.05, 0.1) is 25.8 Å². The number of esters is 1. The van der Waals surface area contributed by atoms with Crippen LogP contribution in [0.3, 0.4) is 0 Å². The molecule has 0 unspecified atom stereocenters. The summed E-state index contributed by atoms with van der Waals surface area (Å²) in [6.07, 6.45) is 8.12. The van der Waals surface area contributed by atoms with Crippen molar-refractivity contribution in [1.29, 1.82) is 0 Å². The zero-order chi connectivity index (χ0) is 14.7. The molecule has 0 fully saturated rings. The van der Waals surface area contributed by atoms with Crippen molar-refractivity contribution >= 4 is 17.8 Å². The highest BCUT2D eigenvalue weighted by Crippen LogP contribution is 2.34. The van der Waals surface area contributed by atoms with Crippen LogP contribution in [0.1, 0.15) is 24.0 Å². The number of carbonyl (C=O) groups is 1. The smallest absolute Gasteiger partial charge is 0.309 e. The molecule has 3 rings (SSSR count). The summed E-state index contributed by atoms with van der Waals surface area (Å²) in [5.41, 5.74) is 4.18. The van der Waals surface area contributed by atoms with Gasteiger partial charge in [-0.25, -0.2) is 0 Å². The number of methoxy groups -OCH3 is 1. The largest absolute Gasteiger partial charge is 0.493 e. The van der Waals surface area contributed by atoms with Gasteiger partial charge in [-0.15, -0.1) is 0 Å². The Morgan fingerprint density at radius 1 is 1.48 bits per heavy atom. The van der Waals surface area contributed by atoms with Crippen molar-refractivity contribution in [2.24, 2.45) is 4.99 Å². The Hall–Kier alpha value is -2.36. The Labute approximate surface area is 123 Å². The van der Waals surface area contributed by atoms with Crippen LogP contribution >= 0.6 is 0 Å². The fourth-order valence-electron chi connectivity index (χ4n) is 2.52. The maximum Gasteiger partial charge on any atom is 0.309 e. The molecule has 0 atom stereocenters. The van der Waals surface area contributed by atoms with E-state index >= 15 is 0 Å². The molecule has 0 aromatic heterocycles. The number of ether oxygens (including phenoxy) is 2. The predicted octanol–water partition coefficient (Wildman–Crippen LogP) is 2.93. The van der Waals surface area contributed by atoms with Gasteiger partial charge in [0.2, 0.25) is 0 Å². The van der Waals surface area contributed by atoms with E-state index in [1.165, 1.54) is 12.7 Å². The fraction of sp³-hybridized carbons (Fsp3) is 0.294. The van der Waals surface area contributed by atoms with E-state index in [-0.39, 0.29) is 12.4 Å². The van der Waals surface area contributed by atoms with Crippen LogP contribution in [0.2, 0.25) is 0 Å². The van der Waals surface area contributed by atoms with Crippen LogP contribution in [0, 0.1) is 0 Å². The standard InChI is InChI=1S/C17H17NO3/c1-20-17(19)10-12-4-5-16-15(9-12)13(6-8-21-16)11-14-3-2-7-18-14/h3-5,7,9,11H,2,6,8,10H2,1H3/b13-11+. The summed E-state index contributed by atoms with van der Waals surface area (Å²) in [5, 5.41) is 0. The fourth-order valence-corrected chi connectivity index (χ4v) is 2.52. The molecule has 4 nitrogen and oxygen atoms in total. The average Bonchev–Trinajstić information content (AvgIpc) is 3.01. The third-order valence-electron chi connectivity index (χ3n) is 3.59. The number of hydrogen-bond acceptors (Lipinski definition) is 4. The van der Waals surface area contributed by atoms with E-state index in [1.54, 1.807) is 0 Å². The molecule has 0 spiro atoms. The summed E-state index contributed by atoms with van der Waals surface area (Å²) in [6, 6.07) is 5.84. The molecule has 2 aliphatic rings. The predicted molar refractivity (Wildman–Crippen MR) is 81.4 cm³/mol. The maximum atomic E-state index is 11.4. The number of nitrogens with zero attached hydrogens (tertiary/aromatic N) is 1. The van der Waals surface area contributed by atoms with Crippen LogP contribution in [-0.2, 0) is 16.0 Å². The second-order valence-electron chi connectivity index (χ2n) is 5.03. The molecular weight excluding hydrogens is 266 g/mol. The summed E-state index contributed by atoms with van der Waals surface area (Å²) >= 11 is 0. The Balaban J connectivity index is 1.93. The zero-order valence-corrected chi connectivity index (χ0v) is 12.0. The van der Waals surface area contributed by atoms with Gasteiger partial charge in [-0.2, -0.15) is 0 Å². The Bertz CT molecular complexity index is 656. The van der Waals surface area contributed by atoms with Gasteiger partial charge >= 0.3 is 5.97 Å². The van der Waals surface area contributed by atoms with Gasteiger partial charge in [0, 0.05) is 24.6 Å². The number of benzene rings is 1. The molecule has 1 aromatic rings. The molecule has 108 valence electrons. The minimum absolute atomic E-state index is 0.236. The van der Waals surface area contributed by atoms with Crippen molar-refractivity contribution in [3.8, 4) is 5.75 Å². The topological polar surface area (TPSA) is 47.9 Å². The van der Waals surface area contributed by atoms with Gasteiger partial charge in [-0.3, -0.25) is 9.79 Å². The number of hydrogen-bond donors (Lipinski definition) is 0. The third kappa shape index (κ3) is 3.05. The van der Waals surface area contributed by atoms with Crippen LogP contribution in [0.4, 0.5) is 0 Å². The Morgan fingerprint density at radius 3 is 3.14 bits per heavy atom. The summed E-state index contributed by atoms with van der Waals surface area (Å²) in [6.45, 7) is 0.673. The lowest BCUT2D eigenvalue weighted by atomic mass is 9.96. The number of allylic oxidation sites excluding steroid dienone is 2. The highest BCUT2D eigenvalue weighted by Gasteiger charge is 2.17. The molecule has 0 saturated heterocycles. The zero-order valence-electron chi connectivity index (χ0n) is 12.0. The first-order chi connectivity index (χ1) is 10.3. The Kier molecular flexibility index (Phi) is 3.86. The third-order valence-corrected chi connectivity index (χ3v) is 3.59. The molecule has 0 amide bonds. The lowest BCUT2D eigenvalue weighted by Crippen LogP contribution is -2.10. The van der Waals surface area contributed by atoms with Gasteiger partial charge in [0.25, 0.3) is 0 Å². The van der Waals surface area contributed by atoms with Crippen LogP contribution in [0.15, 0.2) is 41.0 Å².